The Morgan fingerprint density at radius 1 is 1.00 bits per heavy atom. The predicted octanol–water partition coefficient (Wildman–Crippen LogP) is 3.13. The van der Waals surface area contributed by atoms with Crippen LogP contribution in [0.25, 0.3) is 11.3 Å². The van der Waals surface area contributed by atoms with Crippen molar-refractivity contribution in [3.8, 4) is 22.8 Å². The average Bonchev–Trinajstić information content (AvgIpc) is 2.91. The fraction of sp³-hybridized carbons (Fsp3) is 0.259. The molecule has 1 heterocycles. The predicted molar refractivity (Wildman–Crippen MR) is 149 cm³/mol. The second kappa shape index (κ2) is 12.5. The monoisotopic (exact) mass is 519 g/mol. The molecule has 0 saturated carbocycles. The highest BCUT2D eigenvalue weighted by molar-refractivity contribution is 6.02. The first-order valence-corrected chi connectivity index (χ1v) is 11.7. The van der Waals surface area contributed by atoms with E-state index in [1.807, 2.05) is 32.1 Å². The number of nitrogens with two attached hydrogens (primary N) is 1. The third kappa shape index (κ3) is 6.77. The highest BCUT2D eigenvalue weighted by Crippen LogP contribution is 2.38. The van der Waals surface area contributed by atoms with Gasteiger partial charge in [-0.2, -0.15) is 0 Å². The molecule has 11 heteroatoms. The molecular weight excluding hydrogens is 486 g/mol. The van der Waals surface area contributed by atoms with Gasteiger partial charge in [0.2, 0.25) is 5.91 Å². The van der Waals surface area contributed by atoms with Gasteiger partial charge in [0.25, 0.3) is 5.91 Å². The van der Waals surface area contributed by atoms with Gasteiger partial charge in [-0.25, -0.2) is 9.97 Å². The topological polar surface area (TPSA) is 135 Å². The number of rotatable bonds is 12. The van der Waals surface area contributed by atoms with Crippen molar-refractivity contribution < 1.29 is 19.1 Å². The number of amides is 2. The van der Waals surface area contributed by atoms with E-state index < -0.39 is 5.91 Å². The van der Waals surface area contributed by atoms with Crippen molar-refractivity contribution >= 4 is 34.7 Å². The number of anilines is 4. The number of likely N-dealkylation sites (N-methyl/N-ethyl adjacent to an activating group) is 2. The maximum absolute atomic E-state index is 12.2. The Hall–Kier alpha value is -4.64. The number of benzene rings is 2. The van der Waals surface area contributed by atoms with Crippen LogP contribution in [-0.4, -0.2) is 75.1 Å². The van der Waals surface area contributed by atoms with E-state index in [-0.39, 0.29) is 11.5 Å². The van der Waals surface area contributed by atoms with Gasteiger partial charge in [0, 0.05) is 37.8 Å². The minimum atomic E-state index is -0.606. The summed E-state index contributed by atoms with van der Waals surface area (Å²) in [5.41, 5.74) is 8.92. The van der Waals surface area contributed by atoms with Crippen molar-refractivity contribution in [2.24, 2.45) is 5.73 Å². The second-order valence-electron chi connectivity index (χ2n) is 8.68. The molecule has 3 aromatic rings. The van der Waals surface area contributed by atoms with Crippen LogP contribution < -0.4 is 30.7 Å². The molecule has 0 fully saturated rings. The lowest BCUT2D eigenvalue weighted by molar-refractivity contribution is -0.111. The van der Waals surface area contributed by atoms with E-state index in [1.54, 1.807) is 37.4 Å². The molecule has 0 spiro atoms. The molecule has 2 amide bonds. The Bertz CT molecular complexity index is 1330. The van der Waals surface area contributed by atoms with Crippen molar-refractivity contribution in [1.29, 1.82) is 0 Å². The summed E-state index contributed by atoms with van der Waals surface area (Å²) in [6.07, 6.45) is 2.62. The van der Waals surface area contributed by atoms with Crippen LogP contribution in [0.15, 0.2) is 55.4 Å². The molecule has 1 aromatic heterocycles. The molecule has 0 bridgehead atoms. The molecule has 0 radical (unpaired) electrons. The Balaban J connectivity index is 1.99. The molecule has 200 valence electrons. The van der Waals surface area contributed by atoms with Crippen molar-refractivity contribution in [2.45, 2.75) is 0 Å². The van der Waals surface area contributed by atoms with E-state index >= 15 is 0 Å². The molecule has 0 aliphatic carbocycles. The fourth-order valence-electron chi connectivity index (χ4n) is 3.69. The zero-order chi connectivity index (χ0) is 27.8. The van der Waals surface area contributed by atoms with Gasteiger partial charge in [0.15, 0.2) is 0 Å². The Kier molecular flexibility index (Phi) is 9.23. The third-order valence-corrected chi connectivity index (χ3v) is 5.75. The van der Waals surface area contributed by atoms with Crippen molar-refractivity contribution in [2.75, 3.05) is 64.0 Å². The Morgan fingerprint density at radius 2 is 1.74 bits per heavy atom. The minimum Gasteiger partial charge on any atom is -0.496 e. The van der Waals surface area contributed by atoms with E-state index in [1.165, 1.54) is 19.5 Å². The summed E-state index contributed by atoms with van der Waals surface area (Å²) in [4.78, 5) is 36.8. The van der Waals surface area contributed by atoms with Gasteiger partial charge < -0.3 is 35.6 Å². The molecule has 11 nitrogen and oxygen atoms in total. The highest BCUT2D eigenvalue weighted by atomic mass is 16.5. The van der Waals surface area contributed by atoms with Gasteiger partial charge in [0.05, 0.1) is 42.5 Å². The van der Waals surface area contributed by atoms with Crippen molar-refractivity contribution in [3.63, 3.8) is 0 Å². The van der Waals surface area contributed by atoms with E-state index in [9.17, 15) is 9.59 Å². The Labute approximate surface area is 222 Å². The van der Waals surface area contributed by atoms with E-state index in [0.717, 1.165) is 18.8 Å². The summed E-state index contributed by atoms with van der Waals surface area (Å²) in [7, 11) is 8.98. The van der Waals surface area contributed by atoms with Crippen molar-refractivity contribution in [3.05, 3.63) is 60.9 Å². The van der Waals surface area contributed by atoms with Crippen LogP contribution in [0.2, 0.25) is 0 Å². The summed E-state index contributed by atoms with van der Waals surface area (Å²) in [5, 5.41) is 6.12. The summed E-state index contributed by atoms with van der Waals surface area (Å²) >= 11 is 0. The standard InChI is InChI=1S/C27H33N7O4/c1-7-26(35)32-20-13-21(24(38-6)15-22(20)34(4)11-10-33(2)3)31-25-14-19(29-16-30-25)17-8-9-23(37-5)18(12-17)27(28)36/h7-9,12-16H,1,10-11H2,2-6H3,(H2,28,36)(H,32,35)(H,29,30,31). The molecule has 0 aliphatic rings. The smallest absolute Gasteiger partial charge is 0.252 e. The lowest BCUT2D eigenvalue weighted by Gasteiger charge is -2.26. The Morgan fingerprint density at radius 3 is 2.37 bits per heavy atom. The average molecular weight is 520 g/mol. The number of methoxy groups -OCH3 is 2. The van der Waals surface area contributed by atoms with Gasteiger partial charge in [0.1, 0.15) is 23.6 Å². The first-order valence-electron chi connectivity index (χ1n) is 11.7. The number of hydrogen-bond donors (Lipinski definition) is 3. The summed E-state index contributed by atoms with van der Waals surface area (Å²) in [6, 6.07) is 10.4. The normalized spacial score (nSPS) is 10.6. The van der Waals surface area contributed by atoms with Gasteiger partial charge in [-0.1, -0.05) is 6.58 Å². The lowest BCUT2D eigenvalue weighted by atomic mass is 10.1. The lowest BCUT2D eigenvalue weighted by Crippen LogP contribution is -2.29. The molecule has 4 N–H and O–H groups in total. The van der Waals surface area contributed by atoms with Crippen LogP contribution in [-0.2, 0) is 4.79 Å². The fourth-order valence-corrected chi connectivity index (χ4v) is 3.69. The third-order valence-electron chi connectivity index (χ3n) is 5.75. The van der Waals surface area contributed by atoms with Crippen LogP contribution in [0.3, 0.4) is 0 Å². The zero-order valence-corrected chi connectivity index (χ0v) is 22.2. The number of primary amides is 1. The SMILES string of the molecule is C=CC(=O)Nc1cc(Nc2cc(-c3ccc(OC)c(C(N)=O)c3)ncn2)c(OC)cc1N(C)CCN(C)C. The number of hydrogen-bond acceptors (Lipinski definition) is 9. The minimum absolute atomic E-state index is 0.247. The van der Waals surface area contributed by atoms with Crippen LogP contribution in [0, 0.1) is 0 Å². The number of nitrogens with one attached hydrogen (secondary N) is 2. The van der Waals surface area contributed by atoms with E-state index in [4.69, 9.17) is 15.2 Å². The number of ether oxygens (including phenoxy) is 2. The van der Waals surface area contributed by atoms with Crippen LogP contribution in [0.1, 0.15) is 10.4 Å². The molecule has 0 unspecified atom stereocenters. The van der Waals surface area contributed by atoms with Crippen LogP contribution in [0.4, 0.5) is 22.9 Å². The van der Waals surface area contributed by atoms with E-state index in [0.29, 0.717) is 39.9 Å². The number of aromatic nitrogens is 2. The number of nitrogens with zero attached hydrogens (tertiary/aromatic N) is 4. The zero-order valence-electron chi connectivity index (χ0n) is 22.2. The van der Waals surface area contributed by atoms with Gasteiger partial charge in [-0.15, -0.1) is 0 Å². The van der Waals surface area contributed by atoms with E-state index in [2.05, 4.69) is 32.1 Å². The highest BCUT2D eigenvalue weighted by Gasteiger charge is 2.17. The largest absolute Gasteiger partial charge is 0.496 e. The second-order valence-corrected chi connectivity index (χ2v) is 8.68. The molecular formula is C27H33N7O4. The quantitative estimate of drug-likeness (QED) is 0.308. The summed E-state index contributed by atoms with van der Waals surface area (Å²) in [6.45, 7) is 5.10. The molecule has 0 atom stereocenters. The van der Waals surface area contributed by atoms with Gasteiger partial charge in [-0.3, -0.25) is 9.59 Å². The van der Waals surface area contributed by atoms with Gasteiger partial charge in [-0.05, 0) is 44.4 Å². The molecule has 2 aromatic carbocycles. The number of carbonyl (C=O) groups is 2. The van der Waals surface area contributed by atoms with Crippen LogP contribution >= 0.6 is 0 Å². The first kappa shape index (κ1) is 27.9. The molecule has 0 saturated heterocycles. The van der Waals surface area contributed by atoms with Crippen LogP contribution in [0.5, 0.6) is 11.5 Å². The summed E-state index contributed by atoms with van der Waals surface area (Å²) < 4.78 is 10.9. The van der Waals surface area contributed by atoms with Gasteiger partial charge >= 0.3 is 0 Å². The van der Waals surface area contributed by atoms with Crippen molar-refractivity contribution in [1.82, 2.24) is 14.9 Å². The maximum atomic E-state index is 12.2. The number of carbonyl (C=O) groups excluding carboxylic acids is 2. The molecule has 38 heavy (non-hydrogen) atoms. The molecule has 0 aliphatic heterocycles. The molecule has 3 rings (SSSR count). The summed E-state index contributed by atoms with van der Waals surface area (Å²) in [5.74, 6) is 0.458. The first-order chi connectivity index (χ1) is 18.2. The maximum Gasteiger partial charge on any atom is 0.252 e.